The van der Waals surface area contributed by atoms with E-state index in [0.29, 0.717) is 31.4 Å². The van der Waals surface area contributed by atoms with Gasteiger partial charge in [0.2, 0.25) is 0 Å². The zero-order chi connectivity index (χ0) is 19.5. The van der Waals surface area contributed by atoms with Crippen molar-refractivity contribution in [2.75, 3.05) is 25.4 Å². The monoisotopic (exact) mass is 383 g/mol. The first-order valence-corrected chi connectivity index (χ1v) is 9.83. The first-order chi connectivity index (χ1) is 13.6. The Kier molecular flexibility index (Phi) is 5.43. The third-order valence-corrected chi connectivity index (χ3v) is 5.09. The van der Waals surface area contributed by atoms with Gasteiger partial charge in [-0.05, 0) is 24.0 Å². The van der Waals surface area contributed by atoms with Crippen LogP contribution in [0, 0.1) is 0 Å². The summed E-state index contributed by atoms with van der Waals surface area (Å²) in [5, 5.41) is 0. The number of nitrogen functional groups attached to an aromatic ring is 1. The van der Waals surface area contributed by atoms with E-state index < -0.39 is 6.17 Å². The highest BCUT2D eigenvalue weighted by Gasteiger charge is 2.21. The highest BCUT2D eigenvalue weighted by molar-refractivity contribution is 5.87. The molecule has 4 rings (SSSR count). The molecule has 7 heteroatoms. The van der Waals surface area contributed by atoms with Gasteiger partial charge >= 0.3 is 6.01 Å². The molecule has 1 aromatic carbocycles. The number of hydrogen-bond donors (Lipinski definition) is 2. The van der Waals surface area contributed by atoms with Crippen molar-refractivity contribution in [3.8, 4) is 6.01 Å². The Balaban J connectivity index is 1.49. The molecule has 6 nitrogen and oxygen atoms in total. The fraction of sp³-hybridized carbons (Fsp3) is 0.429. The van der Waals surface area contributed by atoms with Gasteiger partial charge in [-0.15, -0.1) is 0 Å². The van der Waals surface area contributed by atoms with Crippen LogP contribution in [0.4, 0.5) is 10.2 Å². The van der Waals surface area contributed by atoms with Gasteiger partial charge in [0.1, 0.15) is 17.2 Å². The van der Waals surface area contributed by atoms with E-state index in [1.165, 1.54) is 11.1 Å². The first-order valence-electron chi connectivity index (χ1n) is 9.83. The quantitative estimate of drug-likeness (QED) is 0.653. The fourth-order valence-corrected chi connectivity index (χ4v) is 3.62. The van der Waals surface area contributed by atoms with Crippen molar-refractivity contribution in [3.63, 3.8) is 0 Å². The van der Waals surface area contributed by atoms with Crippen molar-refractivity contribution in [2.24, 2.45) is 0 Å². The Hall–Kier alpha value is -2.67. The minimum atomic E-state index is -0.679. The van der Waals surface area contributed by atoms with Crippen molar-refractivity contribution in [3.05, 3.63) is 47.2 Å². The van der Waals surface area contributed by atoms with Gasteiger partial charge in [-0.1, -0.05) is 31.2 Å². The zero-order valence-corrected chi connectivity index (χ0v) is 16.1. The van der Waals surface area contributed by atoms with E-state index in [1.807, 2.05) is 13.1 Å². The number of fused-ring (bicyclic) bond motifs is 1. The summed E-state index contributed by atoms with van der Waals surface area (Å²) >= 11 is 0. The predicted molar refractivity (Wildman–Crippen MR) is 108 cm³/mol. The van der Waals surface area contributed by atoms with Crippen LogP contribution in [0.3, 0.4) is 0 Å². The molecular formula is C21H26FN5O. The Bertz CT molecular complexity index is 940. The van der Waals surface area contributed by atoms with E-state index in [0.717, 1.165) is 42.5 Å². The SMILES string of the molecule is CCCOc1nc(N)c2[nH]cc(Cc3ccc(CN4CCC(F)C4)cc3)c2n1. The molecular weight excluding hydrogens is 357 g/mol. The minimum Gasteiger partial charge on any atom is -0.463 e. The molecule has 1 fully saturated rings. The third-order valence-electron chi connectivity index (χ3n) is 5.09. The van der Waals surface area contributed by atoms with Crippen LogP contribution < -0.4 is 10.5 Å². The van der Waals surface area contributed by atoms with Crippen molar-refractivity contribution in [1.29, 1.82) is 0 Å². The average molecular weight is 383 g/mol. The molecule has 0 radical (unpaired) electrons. The molecule has 1 saturated heterocycles. The van der Waals surface area contributed by atoms with Crippen LogP contribution >= 0.6 is 0 Å². The lowest BCUT2D eigenvalue weighted by molar-refractivity contribution is 0.282. The van der Waals surface area contributed by atoms with Crippen LogP contribution in [0.5, 0.6) is 6.01 Å². The number of likely N-dealkylation sites (tertiary alicyclic amines) is 1. The molecule has 1 unspecified atom stereocenters. The maximum atomic E-state index is 13.3. The zero-order valence-electron chi connectivity index (χ0n) is 16.1. The van der Waals surface area contributed by atoms with Gasteiger partial charge in [-0.3, -0.25) is 4.90 Å². The number of aromatic nitrogens is 3. The lowest BCUT2D eigenvalue weighted by Crippen LogP contribution is -2.20. The van der Waals surface area contributed by atoms with Gasteiger partial charge in [0.15, 0.2) is 5.82 Å². The van der Waals surface area contributed by atoms with Crippen molar-refractivity contribution < 1.29 is 9.13 Å². The second-order valence-electron chi connectivity index (χ2n) is 7.39. The first kappa shape index (κ1) is 18.7. The van der Waals surface area contributed by atoms with Gasteiger partial charge < -0.3 is 15.5 Å². The highest BCUT2D eigenvalue weighted by Crippen LogP contribution is 2.25. The lowest BCUT2D eigenvalue weighted by atomic mass is 10.0. The van der Waals surface area contributed by atoms with Crippen LogP contribution in [0.15, 0.2) is 30.5 Å². The number of anilines is 1. The molecule has 0 spiro atoms. The molecule has 1 aliphatic heterocycles. The van der Waals surface area contributed by atoms with Crippen molar-refractivity contribution in [1.82, 2.24) is 19.9 Å². The molecule has 0 aliphatic carbocycles. The molecule has 2 aromatic heterocycles. The second-order valence-corrected chi connectivity index (χ2v) is 7.39. The van der Waals surface area contributed by atoms with E-state index in [-0.39, 0.29) is 0 Å². The Morgan fingerprint density at radius 3 is 2.75 bits per heavy atom. The number of ether oxygens (including phenoxy) is 1. The smallest absolute Gasteiger partial charge is 0.319 e. The van der Waals surface area contributed by atoms with E-state index in [9.17, 15) is 4.39 Å². The summed E-state index contributed by atoms with van der Waals surface area (Å²) in [4.78, 5) is 14.1. The number of alkyl halides is 1. The van der Waals surface area contributed by atoms with Crippen LogP contribution in [0.25, 0.3) is 11.0 Å². The topological polar surface area (TPSA) is 80.1 Å². The van der Waals surface area contributed by atoms with Crippen molar-refractivity contribution >= 4 is 16.9 Å². The molecule has 0 amide bonds. The summed E-state index contributed by atoms with van der Waals surface area (Å²) in [6.07, 6.45) is 3.52. The Morgan fingerprint density at radius 2 is 2.04 bits per heavy atom. The fourth-order valence-electron chi connectivity index (χ4n) is 3.62. The molecule has 3 aromatic rings. The number of nitrogens with one attached hydrogen (secondary N) is 1. The van der Waals surface area contributed by atoms with Gasteiger partial charge in [0, 0.05) is 37.8 Å². The largest absolute Gasteiger partial charge is 0.463 e. The van der Waals surface area contributed by atoms with Crippen LogP contribution in [0.2, 0.25) is 0 Å². The number of H-pyrrole nitrogens is 1. The van der Waals surface area contributed by atoms with E-state index in [2.05, 4.69) is 44.1 Å². The van der Waals surface area contributed by atoms with Crippen LogP contribution in [-0.4, -0.2) is 45.7 Å². The van der Waals surface area contributed by atoms with Gasteiger partial charge in [-0.2, -0.15) is 9.97 Å². The maximum absolute atomic E-state index is 13.3. The van der Waals surface area contributed by atoms with Crippen molar-refractivity contribution in [2.45, 2.75) is 38.9 Å². The van der Waals surface area contributed by atoms with Crippen LogP contribution in [0.1, 0.15) is 36.5 Å². The molecule has 0 saturated carbocycles. The number of nitrogens with two attached hydrogens (primary N) is 1. The summed E-state index contributed by atoms with van der Waals surface area (Å²) < 4.78 is 18.9. The molecule has 3 N–H and O–H groups in total. The molecule has 28 heavy (non-hydrogen) atoms. The second kappa shape index (κ2) is 8.14. The standard InChI is InChI=1S/C21H26FN5O/c1-2-9-28-21-25-18-16(11-24-19(18)20(23)26-21)10-14-3-5-15(6-4-14)12-27-8-7-17(22)13-27/h3-6,11,17,24H,2,7-10,12-13H2,1H3,(H2,23,25,26). The normalized spacial score (nSPS) is 17.4. The Labute approximate surface area is 163 Å². The number of aromatic amines is 1. The summed E-state index contributed by atoms with van der Waals surface area (Å²) in [6.45, 7) is 4.78. The van der Waals surface area contributed by atoms with Gasteiger partial charge in [-0.25, -0.2) is 4.39 Å². The Morgan fingerprint density at radius 1 is 1.25 bits per heavy atom. The molecule has 1 aliphatic rings. The molecule has 0 bridgehead atoms. The van der Waals surface area contributed by atoms with Gasteiger partial charge in [0.05, 0.1) is 6.61 Å². The van der Waals surface area contributed by atoms with E-state index >= 15 is 0 Å². The lowest BCUT2D eigenvalue weighted by Gasteiger charge is -2.14. The summed E-state index contributed by atoms with van der Waals surface area (Å²) in [5.74, 6) is 0.398. The average Bonchev–Trinajstić information content (AvgIpc) is 3.28. The molecule has 148 valence electrons. The number of benzene rings is 1. The summed E-state index contributed by atoms with van der Waals surface area (Å²) in [5.41, 5.74) is 11.0. The third kappa shape index (κ3) is 4.09. The maximum Gasteiger partial charge on any atom is 0.319 e. The minimum absolute atomic E-state index is 0.319. The summed E-state index contributed by atoms with van der Waals surface area (Å²) in [7, 11) is 0. The summed E-state index contributed by atoms with van der Waals surface area (Å²) in [6, 6.07) is 8.80. The van der Waals surface area contributed by atoms with E-state index in [4.69, 9.17) is 10.5 Å². The predicted octanol–water partition coefficient (Wildman–Crippen LogP) is 3.46. The van der Waals surface area contributed by atoms with E-state index in [1.54, 1.807) is 0 Å². The number of halogens is 1. The van der Waals surface area contributed by atoms with Crippen LogP contribution in [-0.2, 0) is 13.0 Å². The highest BCUT2D eigenvalue weighted by atomic mass is 19.1. The number of nitrogens with zero attached hydrogens (tertiary/aromatic N) is 3. The molecule has 3 heterocycles. The number of rotatable bonds is 7. The molecule has 1 atom stereocenters. The van der Waals surface area contributed by atoms with Gasteiger partial charge in [0.25, 0.3) is 0 Å². The number of hydrogen-bond acceptors (Lipinski definition) is 5.